The molecule has 0 aromatic heterocycles. The Bertz CT molecular complexity index is 1220. The standard InChI is InChI=1S/C40H69NO12S/c1-3-5-7-9-11-13-15-17-19-20-22-24-26-28-33(43)32(31-51-40-37(46)38(53-54(48,49)50)36(45)35(30-42)52-40)41-39(47)34(44)29-27-25-23-21-18-16-14-12-10-8-6-4-2/h11,13,18-21,25-28,32-38,40,42-46H,3-10,12,14-17,22-24,29-31H2,1-2H3,(H,41,47)(H,48,49,50)/b13-11+,20-19+,21-18-,27-25-,28-26+. The Kier molecular flexibility index (Phi) is 28.5. The van der Waals surface area contributed by atoms with Gasteiger partial charge in [-0.05, 0) is 57.8 Å². The van der Waals surface area contributed by atoms with E-state index in [1.165, 1.54) is 57.4 Å². The molecule has 8 atom stereocenters. The Morgan fingerprint density at radius 2 is 1.30 bits per heavy atom. The quantitative estimate of drug-likeness (QED) is 0.0272. The number of carbonyl (C=O) groups excluding carboxylic acids is 1. The van der Waals surface area contributed by atoms with E-state index in [4.69, 9.17) is 14.0 Å². The van der Waals surface area contributed by atoms with E-state index in [0.717, 1.165) is 38.5 Å². The van der Waals surface area contributed by atoms with Crippen LogP contribution in [0.15, 0.2) is 60.8 Å². The lowest BCUT2D eigenvalue weighted by Gasteiger charge is -2.41. The highest BCUT2D eigenvalue weighted by Crippen LogP contribution is 2.26. The molecule has 312 valence electrons. The van der Waals surface area contributed by atoms with Crippen molar-refractivity contribution in [3.05, 3.63) is 60.8 Å². The van der Waals surface area contributed by atoms with E-state index in [9.17, 15) is 38.7 Å². The van der Waals surface area contributed by atoms with Crippen LogP contribution in [0.3, 0.4) is 0 Å². The molecule has 1 aliphatic heterocycles. The summed E-state index contributed by atoms with van der Waals surface area (Å²) in [5.74, 6) is -0.789. The van der Waals surface area contributed by atoms with E-state index in [2.05, 4.69) is 53.7 Å². The minimum absolute atomic E-state index is 0.0206. The van der Waals surface area contributed by atoms with Crippen LogP contribution in [0.2, 0.25) is 0 Å². The van der Waals surface area contributed by atoms with Gasteiger partial charge in [-0.15, -0.1) is 0 Å². The Hall–Kier alpha value is -2.24. The SMILES string of the molecule is CCCCC/C=C/CC/C=C/CC/C=C/C(O)C(COC1OC(CO)C(O)C(OS(=O)(=O)O)C1O)NC(=O)C(O)C/C=C\C/C=C\CCCCCCCC. The maximum Gasteiger partial charge on any atom is 0.397 e. The Labute approximate surface area is 323 Å². The second kappa shape index (κ2) is 30.9. The molecule has 0 aromatic carbocycles. The highest BCUT2D eigenvalue weighted by molar-refractivity contribution is 7.80. The number of carbonyl (C=O) groups is 1. The Morgan fingerprint density at radius 3 is 1.93 bits per heavy atom. The molecule has 8 unspecified atom stereocenters. The number of rotatable bonds is 31. The molecule has 0 bridgehead atoms. The van der Waals surface area contributed by atoms with Gasteiger partial charge in [0.15, 0.2) is 6.29 Å². The third kappa shape index (κ3) is 23.6. The summed E-state index contributed by atoms with van der Waals surface area (Å²) >= 11 is 0. The number of hydrogen-bond donors (Lipinski definition) is 7. The third-order valence-corrected chi connectivity index (χ3v) is 9.33. The molecule has 7 N–H and O–H groups in total. The van der Waals surface area contributed by atoms with Crippen molar-refractivity contribution < 1.29 is 57.0 Å². The van der Waals surface area contributed by atoms with Crippen LogP contribution >= 0.6 is 0 Å². The van der Waals surface area contributed by atoms with E-state index >= 15 is 0 Å². The topological polar surface area (TPSA) is 212 Å². The van der Waals surface area contributed by atoms with Crippen LogP contribution in [0.1, 0.15) is 123 Å². The number of hydrogen-bond acceptors (Lipinski definition) is 11. The van der Waals surface area contributed by atoms with Gasteiger partial charge in [-0.1, -0.05) is 120 Å². The molecule has 1 heterocycles. The van der Waals surface area contributed by atoms with Crippen molar-refractivity contribution in [2.75, 3.05) is 13.2 Å². The van der Waals surface area contributed by atoms with E-state index in [-0.39, 0.29) is 6.42 Å². The summed E-state index contributed by atoms with van der Waals surface area (Å²) in [6.07, 6.45) is 24.9. The van der Waals surface area contributed by atoms with Gasteiger partial charge in [0.1, 0.15) is 30.5 Å². The molecule has 1 saturated heterocycles. The number of nitrogens with one attached hydrogen (secondary N) is 1. The molecule has 14 heteroatoms. The van der Waals surface area contributed by atoms with E-state index in [1.807, 2.05) is 12.2 Å². The predicted octanol–water partition coefficient (Wildman–Crippen LogP) is 5.29. The Balaban J connectivity index is 2.80. The zero-order chi connectivity index (χ0) is 40.0. The molecule has 1 rings (SSSR count). The maximum atomic E-state index is 13.0. The lowest BCUT2D eigenvalue weighted by Crippen LogP contribution is -2.61. The molecule has 1 fully saturated rings. The number of aliphatic hydroxyl groups is 5. The average molecular weight is 788 g/mol. The molecular weight excluding hydrogens is 719 g/mol. The average Bonchev–Trinajstić information content (AvgIpc) is 3.14. The summed E-state index contributed by atoms with van der Waals surface area (Å²) < 4.78 is 47.2. The van der Waals surface area contributed by atoms with Crippen molar-refractivity contribution >= 4 is 16.3 Å². The van der Waals surface area contributed by atoms with Gasteiger partial charge in [-0.3, -0.25) is 9.35 Å². The van der Waals surface area contributed by atoms with Crippen molar-refractivity contribution in [3.63, 3.8) is 0 Å². The fourth-order valence-electron chi connectivity index (χ4n) is 5.65. The largest absolute Gasteiger partial charge is 0.397 e. The lowest BCUT2D eigenvalue weighted by atomic mass is 9.99. The molecule has 1 aliphatic rings. The Morgan fingerprint density at radius 1 is 0.759 bits per heavy atom. The van der Waals surface area contributed by atoms with Crippen molar-refractivity contribution in [3.8, 4) is 0 Å². The summed E-state index contributed by atoms with van der Waals surface area (Å²) in [6, 6.07) is -1.17. The van der Waals surface area contributed by atoms with Gasteiger partial charge >= 0.3 is 10.4 Å². The van der Waals surface area contributed by atoms with E-state index in [1.54, 1.807) is 12.2 Å². The van der Waals surface area contributed by atoms with Gasteiger partial charge in [-0.2, -0.15) is 8.42 Å². The van der Waals surface area contributed by atoms with Gasteiger partial charge in [-0.25, -0.2) is 4.18 Å². The molecule has 0 aliphatic carbocycles. The molecular formula is C40H69NO12S. The number of ether oxygens (including phenoxy) is 2. The first-order valence-electron chi connectivity index (χ1n) is 19.8. The second-order valence-electron chi connectivity index (χ2n) is 13.6. The summed E-state index contributed by atoms with van der Waals surface area (Å²) in [5, 5.41) is 54.7. The second-order valence-corrected chi connectivity index (χ2v) is 14.7. The predicted molar refractivity (Wildman–Crippen MR) is 210 cm³/mol. The number of unbranched alkanes of at least 4 members (excludes halogenated alkanes) is 11. The smallest absolute Gasteiger partial charge is 0.394 e. The number of allylic oxidation sites excluding steroid dienone is 8. The maximum absolute atomic E-state index is 13.0. The first-order chi connectivity index (χ1) is 25.9. The molecule has 54 heavy (non-hydrogen) atoms. The van der Waals surface area contributed by atoms with Crippen molar-refractivity contribution in [1.29, 1.82) is 0 Å². The van der Waals surface area contributed by atoms with E-state index in [0.29, 0.717) is 12.8 Å². The molecule has 0 radical (unpaired) electrons. The van der Waals surface area contributed by atoms with Crippen molar-refractivity contribution in [1.82, 2.24) is 5.32 Å². The fraction of sp³-hybridized carbons (Fsp3) is 0.725. The van der Waals surface area contributed by atoms with Gasteiger partial charge in [0.25, 0.3) is 0 Å². The zero-order valence-electron chi connectivity index (χ0n) is 32.4. The highest BCUT2D eigenvalue weighted by atomic mass is 32.3. The number of aliphatic hydroxyl groups excluding tert-OH is 5. The monoisotopic (exact) mass is 787 g/mol. The molecule has 0 aromatic rings. The van der Waals surface area contributed by atoms with Crippen LogP contribution in [-0.2, 0) is 28.9 Å². The minimum atomic E-state index is -5.13. The molecule has 13 nitrogen and oxygen atoms in total. The summed E-state index contributed by atoms with van der Waals surface area (Å²) in [6.45, 7) is 3.06. The molecule has 0 saturated carbocycles. The van der Waals surface area contributed by atoms with Crippen molar-refractivity contribution in [2.45, 2.75) is 172 Å². The first kappa shape index (κ1) is 49.8. The van der Waals surface area contributed by atoms with Crippen LogP contribution in [-0.4, -0.2) is 107 Å². The van der Waals surface area contributed by atoms with E-state index < -0.39 is 78.5 Å². The summed E-state index contributed by atoms with van der Waals surface area (Å²) in [7, 11) is -5.13. The lowest BCUT2D eigenvalue weighted by molar-refractivity contribution is -0.298. The third-order valence-electron chi connectivity index (χ3n) is 8.87. The van der Waals surface area contributed by atoms with Crippen LogP contribution in [0.5, 0.6) is 0 Å². The summed E-state index contributed by atoms with van der Waals surface area (Å²) in [5.41, 5.74) is 0. The van der Waals surface area contributed by atoms with Gasteiger partial charge in [0, 0.05) is 6.42 Å². The summed E-state index contributed by atoms with van der Waals surface area (Å²) in [4.78, 5) is 13.0. The van der Waals surface area contributed by atoms with Crippen LogP contribution in [0.25, 0.3) is 0 Å². The molecule has 1 amide bonds. The molecule has 0 spiro atoms. The normalized spacial score (nSPS) is 23.0. The van der Waals surface area contributed by atoms with Gasteiger partial charge < -0.3 is 40.3 Å². The first-order valence-corrected chi connectivity index (χ1v) is 21.1. The number of amides is 1. The highest BCUT2D eigenvalue weighted by Gasteiger charge is 2.48. The van der Waals surface area contributed by atoms with Crippen molar-refractivity contribution in [2.24, 2.45) is 0 Å². The van der Waals surface area contributed by atoms with Crippen LogP contribution in [0.4, 0.5) is 0 Å². The minimum Gasteiger partial charge on any atom is -0.394 e. The van der Waals surface area contributed by atoms with Crippen LogP contribution in [0, 0.1) is 0 Å². The van der Waals surface area contributed by atoms with Crippen LogP contribution < -0.4 is 5.32 Å². The van der Waals surface area contributed by atoms with Gasteiger partial charge in [0.05, 0.1) is 25.4 Å². The van der Waals surface area contributed by atoms with Gasteiger partial charge in [0.2, 0.25) is 5.91 Å². The fourth-order valence-corrected chi connectivity index (χ4v) is 6.16. The zero-order valence-corrected chi connectivity index (χ0v) is 33.2.